The molecule has 2 aromatic rings. The molecule has 0 radical (unpaired) electrons. The van der Waals surface area contributed by atoms with E-state index in [0.717, 1.165) is 17.0 Å². The number of hydrogen-bond donors (Lipinski definition) is 3. The molecule has 0 aliphatic carbocycles. The second kappa shape index (κ2) is 8.30. The maximum absolute atomic E-state index is 12.5. The van der Waals surface area contributed by atoms with E-state index < -0.39 is 0 Å². The number of aryl methyl sites for hydroxylation is 2. The Balaban J connectivity index is 1.53. The largest absolute Gasteiger partial charge is 0.352 e. The van der Waals surface area contributed by atoms with Crippen LogP contribution < -0.4 is 16.0 Å². The van der Waals surface area contributed by atoms with Gasteiger partial charge in [-0.25, -0.2) is 0 Å². The van der Waals surface area contributed by atoms with Crippen LogP contribution in [0.25, 0.3) is 0 Å². The van der Waals surface area contributed by atoms with Crippen LogP contribution in [0.2, 0.25) is 0 Å². The minimum Gasteiger partial charge on any atom is -0.352 e. The predicted octanol–water partition coefficient (Wildman–Crippen LogP) is 0.913. The molecule has 2 aromatic heterocycles. The highest BCUT2D eigenvalue weighted by Gasteiger charge is 2.31. The van der Waals surface area contributed by atoms with Crippen LogP contribution >= 0.6 is 0 Å². The van der Waals surface area contributed by atoms with E-state index in [9.17, 15) is 9.59 Å². The van der Waals surface area contributed by atoms with Gasteiger partial charge in [0.2, 0.25) is 11.8 Å². The molecule has 1 fully saturated rings. The highest BCUT2D eigenvalue weighted by atomic mass is 16.2. The molecular weight excluding hydrogens is 344 g/mol. The maximum Gasteiger partial charge on any atom is 0.228 e. The lowest BCUT2D eigenvalue weighted by atomic mass is 9.89. The Kier molecular flexibility index (Phi) is 5.85. The molecule has 2 amide bonds. The number of amides is 2. The third-order valence-corrected chi connectivity index (χ3v) is 5.06. The summed E-state index contributed by atoms with van der Waals surface area (Å²) in [6.45, 7) is 5.45. The molecule has 3 heterocycles. The van der Waals surface area contributed by atoms with Gasteiger partial charge in [0.15, 0.2) is 0 Å². The number of rotatable bonds is 5. The van der Waals surface area contributed by atoms with Gasteiger partial charge in [-0.1, -0.05) is 0 Å². The summed E-state index contributed by atoms with van der Waals surface area (Å²) in [6.07, 6.45) is 3.93. The molecule has 8 nitrogen and oxygen atoms in total. The van der Waals surface area contributed by atoms with Crippen LogP contribution in [-0.4, -0.2) is 39.7 Å². The standard InChI is InChI=1S/C19H26N6O2/c1-12-4-5-17(11-21-12)24-19(27)15-6-14(7-20-8-15)18(26)22-9-16-10-23-25(3)13(16)2/h4-5,10-11,14-15,20H,6-9H2,1-3H3,(H,22,26)(H,24,27)/t14-,15+/m1/s1. The van der Waals surface area contributed by atoms with Crippen LogP contribution in [0, 0.1) is 25.7 Å². The van der Waals surface area contributed by atoms with Gasteiger partial charge in [0, 0.05) is 43.6 Å². The average Bonchev–Trinajstić information content (AvgIpc) is 3.00. The van der Waals surface area contributed by atoms with Crippen molar-refractivity contribution in [3.05, 3.63) is 41.5 Å². The second-order valence-electron chi connectivity index (χ2n) is 7.06. The molecule has 0 bridgehead atoms. The molecule has 0 spiro atoms. The SMILES string of the molecule is Cc1ccc(NC(=O)[C@@H]2CNC[C@H](C(=O)NCc3cnn(C)c3C)C2)cn1. The van der Waals surface area contributed by atoms with Gasteiger partial charge in [-0.05, 0) is 32.4 Å². The summed E-state index contributed by atoms with van der Waals surface area (Å²) >= 11 is 0. The first kappa shape index (κ1) is 19.0. The quantitative estimate of drug-likeness (QED) is 0.726. The first-order valence-electron chi connectivity index (χ1n) is 9.13. The molecule has 144 valence electrons. The summed E-state index contributed by atoms with van der Waals surface area (Å²) in [4.78, 5) is 29.2. The Bertz CT molecular complexity index is 814. The van der Waals surface area contributed by atoms with Crippen molar-refractivity contribution in [1.82, 2.24) is 25.4 Å². The fourth-order valence-corrected chi connectivity index (χ4v) is 3.17. The van der Waals surface area contributed by atoms with Crippen molar-refractivity contribution in [3.63, 3.8) is 0 Å². The third-order valence-electron chi connectivity index (χ3n) is 5.06. The Morgan fingerprint density at radius 3 is 2.56 bits per heavy atom. The maximum atomic E-state index is 12.5. The molecule has 2 atom stereocenters. The number of hydrogen-bond acceptors (Lipinski definition) is 5. The van der Waals surface area contributed by atoms with E-state index in [2.05, 4.69) is 26.0 Å². The zero-order chi connectivity index (χ0) is 19.4. The highest BCUT2D eigenvalue weighted by molar-refractivity contribution is 5.93. The average molecular weight is 370 g/mol. The smallest absolute Gasteiger partial charge is 0.228 e. The topological polar surface area (TPSA) is 101 Å². The molecule has 27 heavy (non-hydrogen) atoms. The lowest BCUT2D eigenvalue weighted by Gasteiger charge is -2.28. The Hall–Kier alpha value is -2.74. The summed E-state index contributed by atoms with van der Waals surface area (Å²) in [6, 6.07) is 3.68. The Morgan fingerprint density at radius 1 is 1.19 bits per heavy atom. The number of anilines is 1. The number of pyridine rings is 1. The lowest BCUT2D eigenvalue weighted by molar-refractivity contribution is -0.127. The summed E-state index contributed by atoms with van der Waals surface area (Å²) in [7, 11) is 1.87. The Labute approximate surface area is 158 Å². The van der Waals surface area contributed by atoms with Crippen molar-refractivity contribution in [3.8, 4) is 0 Å². The van der Waals surface area contributed by atoms with Crippen LogP contribution in [0.1, 0.15) is 23.4 Å². The number of piperidine rings is 1. The normalized spacial score (nSPS) is 19.5. The first-order chi connectivity index (χ1) is 12.9. The molecule has 8 heteroatoms. The zero-order valence-electron chi connectivity index (χ0n) is 16.0. The van der Waals surface area contributed by atoms with Crippen LogP contribution in [0.5, 0.6) is 0 Å². The third kappa shape index (κ3) is 4.71. The molecule has 0 unspecified atom stereocenters. The van der Waals surface area contributed by atoms with E-state index in [1.165, 1.54) is 0 Å². The van der Waals surface area contributed by atoms with Crippen LogP contribution in [-0.2, 0) is 23.2 Å². The number of nitrogens with one attached hydrogen (secondary N) is 3. The van der Waals surface area contributed by atoms with Crippen molar-refractivity contribution in [2.75, 3.05) is 18.4 Å². The molecule has 0 aromatic carbocycles. The van der Waals surface area contributed by atoms with E-state index in [1.807, 2.05) is 33.0 Å². The summed E-state index contributed by atoms with van der Waals surface area (Å²) in [5, 5.41) is 13.2. The van der Waals surface area contributed by atoms with E-state index in [1.54, 1.807) is 17.1 Å². The Morgan fingerprint density at radius 2 is 1.93 bits per heavy atom. The van der Waals surface area contributed by atoms with Gasteiger partial charge in [0.1, 0.15) is 0 Å². The van der Waals surface area contributed by atoms with E-state index in [4.69, 9.17) is 0 Å². The van der Waals surface area contributed by atoms with E-state index >= 15 is 0 Å². The number of nitrogens with zero attached hydrogens (tertiary/aromatic N) is 3. The van der Waals surface area contributed by atoms with Crippen molar-refractivity contribution in [2.45, 2.75) is 26.8 Å². The minimum absolute atomic E-state index is 0.0414. The molecule has 1 aliphatic heterocycles. The number of aromatic nitrogens is 3. The molecule has 1 aliphatic rings. The van der Waals surface area contributed by atoms with Crippen molar-refractivity contribution in [1.29, 1.82) is 0 Å². The van der Waals surface area contributed by atoms with Crippen molar-refractivity contribution in [2.24, 2.45) is 18.9 Å². The predicted molar refractivity (Wildman–Crippen MR) is 102 cm³/mol. The van der Waals surface area contributed by atoms with Gasteiger partial charge in [-0.15, -0.1) is 0 Å². The molecule has 3 N–H and O–H groups in total. The second-order valence-corrected chi connectivity index (χ2v) is 7.06. The van der Waals surface area contributed by atoms with Crippen molar-refractivity contribution >= 4 is 17.5 Å². The minimum atomic E-state index is -0.254. The van der Waals surface area contributed by atoms with Crippen molar-refractivity contribution < 1.29 is 9.59 Å². The van der Waals surface area contributed by atoms with Gasteiger partial charge in [0.25, 0.3) is 0 Å². The van der Waals surface area contributed by atoms with Crippen LogP contribution in [0.3, 0.4) is 0 Å². The van der Waals surface area contributed by atoms with Crippen LogP contribution in [0.4, 0.5) is 5.69 Å². The lowest BCUT2D eigenvalue weighted by Crippen LogP contribution is -2.47. The van der Waals surface area contributed by atoms with E-state index in [-0.39, 0.29) is 23.7 Å². The van der Waals surface area contributed by atoms with E-state index in [0.29, 0.717) is 31.7 Å². The zero-order valence-corrected chi connectivity index (χ0v) is 16.0. The molecule has 1 saturated heterocycles. The molecular formula is C19H26N6O2. The number of carbonyl (C=O) groups excluding carboxylic acids is 2. The van der Waals surface area contributed by atoms with Crippen LogP contribution in [0.15, 0.2) is 24.5 Å². The van der Waals surface area contributed by atoms with Gasteiger partial charge < -0.3 is 16.0 Å². The van der Waals surface area contributed by atoms with Gasteiger partial charge in [-0.3, -0.25) is 19.3 Å². The van der Waals surface area contributed by atoms with Gasteiger partial charge in [-0.2, -0.15) is 5.10 Å². The molecule has 3 rings (SSSR count). The number of carbonyl (C=O) groups is 2. The fraction of sp³-hybridized carbons (Fsp3) is 0.474. The first-order valence-corrected chi connectivity index (χ1v) is 9.13. The monoisotopic (exact) mass is 370 g/mol. The molecule has 0 saturated carbocycles. The highest BCUT2D eigenvalue weighted by Crippen LogP contribution is 2.19. The summed E-state index contributed by atoms with van der Waals surface area (Å²) < 4.78 is 1.78. The summed E-state index contributed by atoms with van der Waals surface area (Å²) in [5.74, 6) is -0.618. The fourth-order valence-electron chi connectivity index (χ4n) is 3.17. The van der Waals surface area contributed by atoms with Gasteiger partial charge >= 0.3 is 0 Å². The van der Waals surface area contributed by atoms with Gasteiger partial charge in [0.05, 0.1) is 29.9 Å². The summed E-state index contributed by atoms with van der Waals surface area (Å²) in [5.41, 5.74) is 3.59.